The summed E-state index contributed by atoms with van der Waals surface area (Å²) in [6.07, 6.45) is 9.77. The van der Waals surface area contributed by atoms with E-state index in [1.54, 1.807) is 0 Å². The first-order valence-corrected chi connectivity index (χ1v) is 4.27. The van der Waals surface area contributed by atoms with Crippen molar-refractivity contribution < 1.29 is 0 Å². The van der Waals surface area contributed by atoms with Gasteiger partial charge in [-0.2, -0.15) is 0 Å². The summed E-state index contributed by atoms with van der Waals surface area (Å²) in [5, 5.41) is 0. The lowest BCUT2D eigenvalue weighted by Gasteiger charge is -1.94. The molecule has 0 amide bonds. The minimum Gasteiger partial charge on any atom is -0.0853 e. The highest BCUT2D eigenvalue weighted by atomic mass is 13.9. The fourth-order valence-electron chi connectivity index (χ4n) is 0.842. The Bertz CT molecular complexity index is 90.2. The Balaban J connectivity index is 3.16. The summed E-state index contributed by atoms with van der Waals surface area (Å²) in [5.41, 5.74) is 1.41. The van der Waals surface area contributed by atoms with E-state index in [1.165, 1.54) is 31.3 Å². The van der Waals surface area contributed by atoms with Crippen LogP contribution < -0.4 is 0 Å². The summed E-state index contributed by atoms with van der Waals surface area (Å²) >= 11 is 0. The van der Waals surface area contributed by atoms with Crippen LogP contribution in [-0.2, 0) is 0 Å². The average molecular weight is 139 g/mol. The number of allylic oxidation sites excluding steroid dienone is 2. The molecule has 0 atom stereocenters. The molecule has 0 rings (SSSR count). The second kappa shape index (κ2) is 6.85. The summed E-state index contributed by atoms with van der Waals surface area (Å²) in [4.78, 5) is 0. The summed E-state index contributed by atoms with van der Waals surface area (Å²) in [6, 6.07) is 0. The number of hydrogen-bond acceptors (Lipinski definition) is 0. The van der Waals surface area contributed by atoms with Crippen LogP contribution >= 0.6 is 0 Å². The van der Waals surface area contributed by atoms with Crippen LogP contribution in [0.25, 0.3) is 0 Å². The largest absolute Gasteiger partial charge is 0.0853 e. The maximum atomic E-state index is 2.32. The molecule has 0 aromatic rings. The van der Waals surface area contributed by atoms with Gasteiger partial charge in [-0.05, 0) is 26.2 Å². The molecule has 0 fully saturated rings. The smallest absolute Gasteiger partial charge is 0.0172 e. The van der Waals surface area contributed by atoms with Crippen LogP contribution in [0.15, 0.2) is 11.6 Å². The van der Waals surface area contributed by atoms with Crippen molar-refractivity contribution in [3.8, 4) is 0 Å². The lowest BCUT2D eigenvalue weighted by molar-refractivity contribution is 0.727. The molecule has 0 aromatic carbocycles. The first kappa shape index (κ1) is 9.74. The Morgan fingerprint density at radius 2 is 2.00 bits per heavy atom. The molecule has 0 bridgehead atoms. The van der Waals surface area contributed by atoms with Crippen LogP contribution in [0.1, 0.15) is 46.5 Å². The van der Waals surface area contributed by atoms with Gasteiger partial charge in [0.25, 0.3) is 0 Å². The zero-order valence-corrected chi connectivity index (χ0v) is 7.48. The highest BCUT2D eigenvalue weighted by Crippen LogP contribution is 2.04. The molecule has 0 heteroatoms. The van der Waals surface area contributed by atoms with E-state index in [4.69, 9.17) is 0 Å². The van der Waals surface area contributed by atoms with E-state index >= 15 is 0 Å². The molecule has 0 aromatic heterocycles. The molecular formula is C10H19. The predicted molar refractivity (Wildman–Crippen MR) is 47.9 cm³/mol. The van der Waals surface area contributed by atoms with Crippen molar-refractivity contribution in [3.63, 3.8) is 0 Å². The van der Waals surface area contributed by atoms with Crippen molar-refractivity contribution in [1.29, 1.82) is 0 Å². The normalized spacial score (nSPS) is 12.1. The Hall–Kier alpha value is -0.260. The average Bonchev–Trinajstić information content (AvgIpc) is 1.98. The van der Waals surface area contributed by atoms with Crippen molar-refractivity contribution in [2.75, 3.05) is 0 Å². The maximum absolute atomic E-state index is 2.32. The molecule has 0 heterocycles. The van der Waals surface area contributed by atoms with Crippen LogP contribution in [0.3, 0.4) is 0 Å². The maximum Gasteiger partial charge on any atom is -0.0172 e. The van der Waals surface area contributed by atoms with E-state index in [0.29, 0.717) is 0 Å². The third-order valence-corrected chi connectivity index (χ3v) is 1.73. The molecule has 1 radical (unpaired) electrons. The van der Waals surface area contributed by atoms with E-state index < -0.39 is 0 Å². The molecule has 59 valence electrons. The molecule has 0 aliphatic carbocycles. The predicted octanol–water partition coefficient (Wildman–Crippen LogP) is 3.74. The minimum absolute atomic E-state index is 1.25. The SMILES string of the molecule is C[CH]/C(C)=C\CCCCC. The van der Waals surface area contributed by atoms with Crippen molar-refractivity contribution in [2.24, 2.45) is 0 Å². The van der Waals surface area contributed by atoms with E-state index in [9.17, 15) is 0 Å². The third kappa shape index (κ3) is 5.87. The molecule has 10 heavy (non-hydrogen) atoms. The van der Waals surface area contributed by atoms with Crippen LogP contribution in [0.5, 0.6) is 0 Å². The molecule has 0 aliphatic rings. The van der Waals surface area contributed by atoms with E-state index in [1.807, 2.05) is 0 Å². The first-order valence-electron chi connectivity index (χ1n) is 4.27. The summed E-state index contributed by atoms with van der Waals surface area (Å²) < 4.78 is 0. The summed E-state index contributed by atoms with van der Waals surface area (Å²) in [7, 11) is 0. The quantitative estimate of drug-likeness (QED) is 0.509. The molecule has 0 nitrogen and oxygen atoms in total. The van der Waals surface area contributed by atoms with Gasteiger partial charge in [0.05, 0.1) is 0 Å². The molecular weight excluding hydrogens is 120 g/mol. The Morgan fingerprint density at radius 3 is 2.50 bits per heavy atom. The van der Waals surface area contributed by atoms with Crippen LogP contribution in [0, 0.1) is 6.42 Å². The Morgan fingerprint density at radius 1 is 1.30 bits per heavy atom. The molecule has 0 unspecified atom stereocenters. The van der Waals surface area contributed by atoms with Gasteiger partial charge in [-0.3, -0.25) is 0 Å². The van der Waals surface area contributed by atoms with Gasteiger partial charge in [-0.15, -0.1) is 0 Å². The first-order chi connectivity index (χ1) is 4.81. The lowest BCUT2D eigenvalue weighted by Crippen LogP contribution is -1.75. The van der Waals surface area contributed by atoms with Gasteiger partial charge >= 0.3 is 0 Å². The fourth-order valence-corrected chi connectivity index (χ4v) is 0.842. The van der Waals surface area contributed by atoms with Crippen LogP contribution in [0.4, 0.5) is 0 Å². The lowest BCUT2D eigenvalue weighted by atomic mass is 10.1. The topological polar surface area (TPSA) is 0 Å². The van der Waals surface area contributed by atoms with Gasteiger partial charge in [0, 0.05) is 0 Å². The van der Waals surface area contributed by atoms with Crippen molar-refractivity contribution in [2.45, 2.75) is 46.5 Å². The second-order valence-corrected chi connectivity index (χ2v) is 2.73. The molecule has 0 aliphatic heterocycles. The van der Waals surface area contributed by atoms with Crippen LogP contribution in [-0.4, -0.2) is 0 Å². The zero-order valence-electron chi connectivity index (χ0n) is 7.48. The number of unbranched alkanes of at least 4 members (excludes halogenated alkanes) is 3. The molecule has 0 saturated heterocycles. The summed E-state index contributed by atoms with van der Waals surface area (Å²) in [5.74, 6) is 0. The molecule has 0 spiro atoms. The zero-order chi connectivity index (χ0) is 7.82. The van der Waals surface area contributed by atoms with Crippen molar-refractivity contribution in [1.82, 2.24) is 0 Å². The van der Waals surface area contributed by atoms with Gasteiger partial charge in [-0.25, -0.2) is 0 Å². The van der Waals surface area contributed by atoms with E-state index in [0.717, 1.165) is 0 Å². The molecule has 0 N–H and O–H groups in total. The Labute approximate surface area is 65.3 Å². The Kier molecular flexibility index (Phi) is 6.68. The molecule has 0 saturated carbocycles. The highest BCUT2D eigenvalue weighted by Gasteiger charge is 1.84. The highest BCUT2D eigenvalue weighted by molar-refractivity contribution is 5.07. The van der Waals surface area contributed by atoms with E-state index in [2.05, 4.69) is 33.3 Å². The van der Waals surface area contributed by atoms with Gasteiger partial charge < -0.3 is 0 Å². The van der Waals surface area contributed by atoms with Gasteiger partial charge in [0.15, 0.2) is 0 Å². The van der Waals surface area contributed by atoms with Crippen molar-refractivity contribution >= 4 is 0 Å². The van der Waals surface area contributed by atoms with Crippen molar-refractivity contribution in [3.05, 3.63) is 18.1 Å². The third-order valence-electron chi connectivity index (χ3n) is 1.73. The van der Waals surface area contributed by atoms with Gasteiger partial charge in [-0.1, -0.05) is 38.3 Å². The fraction of sp³-hybridized carbons (Fsp3) is 0.700. The van der Waals surface area contributed by atoms with E-state index in [-0.39, 0.29) is 0 Å². The summed E-state index contributed by atoms with van der Waals surface area (Å²) in [6.45, 7) is 6.49. The van der Waals surface area contributed by atoms with Gasteiger partial charge in [0.1, 0.15) is 0 Å². The number of rotatable bonds is 5. The van der Waals surface area contributed by atoms with Gasteiger partial charge in [0.2, 0.25) is 0 Å². The number of hydrogen-bond donors (Lipinski definition) is 0. The minimum atomic E-state index is 1.25. The monoisotopic (exact) mass is 139 g/mol. The standard InChI is InChI=1S/C10H19/c1-4-6-7-8-9-10(3)5-2/h5,9H,4,6-8H2,1-3H3/b10-9-. The van der Waals surface area contributed by atoms with Crippen LogP contribution in [0.2, 0.25) is 0 Å². The second-order valence-electron chi connectivity index (χ2n) is 2.73.